The molecule has 2 aromatic carbocycles. The predicted molar refractivity (Wildman–Crippen MR) is 127 cm³/mol. The second-order valence-electron chi connectivity index (χ2n) is 6.61. The third-order valence-corrected chi connectivity index (χ3v) is 6.77. The minimum Gasteiger partial charge on any atom is -0.451 e. The Hall–Kier alpha value is -2.02. The molecular weight excluding hydrogens is 498 g/mol. The summed E-state index contributed by atoms with van der Waals surface area (Å²) in [5, 5.41) is 3.61. The van der Waals surface area contributed by atoms with Gasteiger partial charge in [-0.15, -0.1) is 11.3 Å². The zero-order valence-electron chi connectivity index (χ0n) is 15.8. The van der Waals surface area contributed by atoms with Crippen molar-refractivity contribution in [2.24, 2.45) is 0 Å². The number of imidazole rings is 1. The molecule has 0 aliphatic heterocycles. The zero-order valence-corrected chi connectivity index (χ0v) is 19.6. The first-order valence-corrected chi connectivity index (χ1v) is 11.5. The van der Waals surface area contributed by atoms with Gasteiger partial charge in [0, 0.05) is 33.6 Å². The van der Waals surface area contributed by atoms with E-state index in [1.807, 2.05) is 22.1 Å². The Bertz CT molecular complexity index is 1220. The maximum atomic E-state index is 13.2. The van der Waals surface area contributed by atoms with E-state index in [0.717, 1.165) is 11.1 Å². The summed E-state index contributed by atoms with van der Waals surface area (Å²) in [7, 11) is 0. The van der Waals surface area contributed by atoms with Gasteiger partial charge in [0.2, 0.25) is 0 Å². The third-order valence-electron chi connectivity index (χ3n) is 4.58. The molecule has 1 unspecified atom stereocenters. The number of carbonyl (C=O) groups is 1. The number of hydrogen-bond acceptors (Lipinski definition) is 4. The van der Waals surface area contributed by atoms with Gasteiger partial charge < -0.3 is 9.30 Å². The Morgan fingerprint density at radius 3 is 2.58 bits per heavy atom. The smallest absolute Gasteiger partial charge is 0.349 e. The SMILES string of the molecule is O=C(OC(Cn1ccnc1)c1ccc(Cl)cc1Cl)c1sccc1-c1ccc(Cl)c(Cl)c1. The van der Waals surface area contributed by atoms with Crippen LogP contribution < -0.4 is 0 Å². The Morgan fingerprint density at radius 2 is 1.87 bits per heavy atom. The molecule has 158 valence electrons. The largest absolute Gasteiger partial charge is 0.451 e. The van der Waals surface area contributed by atoms with Gasteiger partial charge in [-0.1, -0.05) is 58.5 Å². The number of thiophene rings is 1. The van der Waals surface area contributed by atoms with Crippen LogP contribution in [0.5, 0.6) is 0 Å². The van der Waals surface area contributed by atoms with Crippen molar-refractivity contribution in [2.75, 3.05) is 0 Å². The fourth-order valence-electron chi connectivity index (χ4n) is 3.09. The normalized spacial score (nSPS) is 12.0. The molecule has 0 spiro atoms. The number of carbonyl (C=O) groups excluding carboxylic acids is 1. The number of benzene rings is 2. The van der Waals surface area contributed by atoms with Crippen molar-refractivity contribution in [3.63, 3.8) is 0 Å². The summed E-state index contributed by atoms with van der Waals surface area (Å²) in [6.45, 7) is 0.348. The topological polar surface area (TPSA) is 44.1 Å². The summed E-state index contributed by atoms with van der Waals surface area (Å²) in [6, 6.07) is 12.2. The Kier molecular flexibility index (Phi) is 6.89. The highest BCUT2D eigenvalue weighted by molar-refractivity contribution is 7.12. The molecule has 0 bridgehead atoms. The summed E-state index contributed by atoms with van der Waals surface area (Å²) in [5.41, 5.74) is 2.15. The number of ether oxygens (including phenoxy) is 1. The van der Waals surface area contributed by atoms with E-state index in [0.29, 0.717) is 37.1 Å². The van der Waals surface area contributed by atoms with Crippen LogP contribution in [0.2, 0.25) is 20.1 Å². The number of hydrogen-bond donors (Lipinski definition) is 0. The lowest BCUT2D eigenvalue weighted by Gasteiger charge is -2.20. The van der Waals surface area contributed by atoms with Gasteiger partial charge in [-0.05, 0) is 41.3 Å². The van der Waals surface area contributed by atoms with Crippen molar-refractivity contribution in [1.29, 1.82) is 0 Å². The summed E-state index contributed by atoms with van der Waals surface area (Å²) in [5.74, 6) is -0.466. The first kappa shape index (κ1) is 22.2. The molecule has 0 aliphatic rings. The second-order valence-corrected chi connectivity index (χ2v) is 9.19. The van der Waals surface area contributed by atoms with E-state index >= 15 is 0 Å². The Balaban J connectivity index is 1.65. The highest BCUT2D eigenvalue weighted by Gasteiger charge is 2.24. The average molecular weight is 512 g/mol. The van der Waals surface area contributed by atoms with E-state index in [2.05, 4.69) is 4.98 Å². The van der Waals surface area contributed by atoms with Gasteiger partial charge in [-0.2, -0.15) is 0 Å². The van der Waals surface area contributed by atoms with Crippen molar-refractivity contribution >= 4 is 63.7 Å². The lowest BCUT2D eigenvalue weighted by atomic mass is 10.1. The molecule has 31 heavy (non-hydrogen) atoms. The van der Waals surface area contributed by atoms with Crippen LogP contribution in [0.25, 0.3) is 11.1 Å². The minimum absolute atomic E-state index is 0.348. The molecule has 4 nitrogen and oxygen atoms in total. The molecule has 9 heteroatoms. The molecule has 0 fully saturated rings. The van der Waals surface area contributed by atoms with E-state index in [4.69, 9.17) is 51.1 Å². The molecule has 1 atom stereocenters. The fourth-order valence-corrected chi connectivity index (χ4v) is 4.71. The molecule has 0 aliphatic carbocycles. The molecule has 2 heterocycles. The van der Waals surface area contributed by atoms with Gasteiger partial charge in [0.1, 0.15) is 11.0 Å². The highest BCUT2D eigenvalue weighted by Crippen LogP contribution is 2.35. The molecule has 0 saturated carbocycles. The summed E-state index contributed by atoms with van der Waals surface area (Å²) < 4.78 is 7.74. The minimum atomic E-state index is -0.643. The van der Waals surface area contributed by atoms with Crippen molar-refractivity contribution in [3.8, 4) is 11.1 Å². The fraction of sp³-hybridized carbons (Fsp3) is 0.0909. The standard InChI is InChI=1S/C22H14Cl4N2O2S/c23-14-2-3-16(18(25)10-14)20(11-28-7-6-27-12-28)30-22(29)21-15(5-8-31-21)13-1-4-17(24)19(26)9-13/h1-10,12,20H,11H2. The van der Waals surface area contributed by atoms with E-state index < -0.39 is 12.1 Å². The molecule has 4 rings (SSSR count). The number of rotatable bonds is 6. The number of esters is 1. The van der Waals surface area contributed by atoms with E-state index in [1.165, 1.54) is 11.3 Å². The molecular formula is C22H14Cl4N2O2S. The molecule has 0 N–H and O–H groups in total. The average Bonchev–Trinajstić information content (AvgIpc) is 3.41. The zero-order chi connectivity index (χ0) is 22.0. The first-order chi connectivity index (χ1) is 14.9. The van der Waals surface area contributed by atoms with Crippen molar-refractivity contribution < 1.29 is 9.53 Å². The highest BCUT2D eigenvalue weighted by atomic mass is 35.5. The van der Waals surface area contributed by atoms with Gasteiger partial charge >= 0.3 is 5.97 Å². The summed E-state index contributed by atoms with van der Waals surface area (Å²) in [4.78, 5) is 17.7. The van der Waals surface area contributed by atoms with Gasteiger partial charge in [-0.3, -0.25) is 0 Å². The quantitative estimate of drug-likeness (QED) is 0.248. The van der Waals surface area contributed by atoms with Gasteiger partial charge in [0.05, 0.1) is 22.9 Å². The van der Waals surface area contributed by atoms with Crippen LogP contribution in [0.15, 0.2) is 66.6 Å². The van der Waals surface area contributed by atoms with Crippen LogP contribution in [0.4, 0.5) is 0 Å². The van der Waals surface area contributed by atoms with Gasteiger partial charge in [-0.25, -0.2) is 9.78 Å². The van der Waals surface area contributed by atoms with Crippen LogP contribution in [-0.2, 0) is 11.3 Å². The maximum absolute atomic E-state index is 13.2. The Morgan fingerprint density at radius 1 is 1.03 bits per heavy atom. The summed E-state index contributed by atoms with van der Waals surface area (Å²) in [6.07, 6.45) is 4.45. The van der Waals surface area contributed by atoms with Crippen molar-refractivity contribution in [1.82, 2.24) is 9.55 Å². The lowest BCUT2D eigenvalue weighted by Crippen LogP contribution is -2.17. The van der Waals surface area contributed by atoms with Crippen LogP contribution in [0.1, 0.15) is 21.3 Å². The lowest BCUT2D eigenvalue weighted by molar-refractivity contribution is 0.0262. The van der Waals surface area contributed by atoms with E-state index in [-0.39, 0.29) is 0 Å². The van der Waals surface area contributed by atoms with E-state index in [1.54, 1.807) is 49.1 Å². The molecule has 4 aromatic rings. The number of nitrogens with zero attached hydrogens (tertiary/aromatic N) is 2. The van der Waals surface area contributed by atoms with Crippen LogP contribution in [0.3, 0.4) is 0 Å². The monoisotopic (exact) mass is 510 g/mol. The van der Waals surface area contributed by atoms with Crippen molar-refractivity contribution in [2.45, 2.75) is 12.6 Å². The predicted octanol–water partition coefficient (Wildman–Crippen LogP) is 7.82. The third kappa shape index (κ3) is 5.08. The summed E-state index contributed by atoms with van der Waals surface area (Å²) >= 11 is 25.9. The van der Waals surface area contributed by atoms with E-state index in [9.17, 15) is 4.79 Å². The molecule has 0 amide bonds. The van der Waals surface area contributed by atoms with Crippen LogP contribution in [0, 0.1) is 0 Å². The maximum Gasteiger partial charge on any atom is 0.349 e. The molecule has 0 saturated heterocycles. The number of aromatic nitrogens is 2. The van der Waals surface area contributed by atoms with Crippen molar-refractivity contribution in [3.05, 3.63) is 97.1 Å². The van der Waals surface area contributed by atoms with Gasteiger partial charge in [0.25, 0.3) is 0 Å². The number of halogens is 4. The Labute approximate surface area is 202 Å². The second kappa shape index (κ2) is 9.63. The molecule has 2 aromatic heterocycles. The van der Waals surface area contributed by atoms with Crippen LogP contribution >= 0.6 is 57.7 Å². The van der Waals surface area contributed by atoms with Crippen LogP contribution in [-0.4, -0.2) is 15.5 Å². The van der Waals surface area contributed by atoms with Gasteiger partial charge in [0.15, 0.2) is 0 Å². The molecule has 0 radical (unpaired) electrons. The first-order valence-electron chi connectivity index (χ1n) is 9.07.